The highest BCUT2D eigenvalue weighted by Gasteiger charge is 2.23. The zero-order valence-electron chi connectivity index (χ0n) is 12.4. The zero-order valence-corrected chi connectivity index (χ0v) is 13.2. The second-order valence-electron chi connectivity index (χ2n) is 4.74. The van der Waals surface area contributed by atoms with Gasteiger partial charge in [0.1, 0.15) is 11.6 Å². The largest absolute Gasteiger partial charge is 0.497 e. The molecule has 0 atom stereocenters. The van der Waals surface area contributed by atoms with Gasteiger partial charge in [-0.05, 0) is 37.6 Å². The standard InChI is InChI=1S/C14H19N3O3S/c1-4-5-10-21(18,19)14-16-15-11(2)17(14)12-6-8-13(20-3)9-7-12/h6-9H,4-5,10H2,1-3H3. The number of unbranched alkanes of at least 4 members (excludes halogenated alkanes) is 1. The molecule has 0 fully saturated rings. The van der Waals surface area contributed by atoms with Gasteiger partial charge in [-0.3, -0.25) is 4.57 Å². The predicted octanol–water partition coefficient (Wildman–Crippen LogP) is 2.16. The molecule has 0 amide bonds. The number of aromatic nitrogens is 3. The lowest BCUT2D eigenvalue weighted by Crippen LogP contribution is -2.14. The average molecular weight is 309 g/mol. The van der Waals surface area contributed by atoms with Crippen LogP contribution >= 0.6 is 0 Å². The first-order valence-electron chi connectivity index (χ1n) is 6.79. The molecule has 7 heteroatoms. The summed E-state index contributed by atoms with van der Waals surface area (Å²) < 4.78 is 31.4. The highest BCUT2D eigenvalue weighted by molar-refractivity contribution is 7.91. The molecule has 1 aromatic heterocycles. The van der Waals surface area contributed by atoms with Gasteiger partial charge in [0.05, 0.1) is 12.9 Å². The molecule has 0 spiro atoms. The van der Waals surface area contributed by atoms with Crippen molar-refractivity contribution in [1.82, 2.24) is 14.8 Å². The Labute approximate surface area is 124 Å². The van der Waals surface area contributed by atoms with Gasteiger partial charge in [-0.25, -0.2) is 8.42 Å². The summed E-state index contributed by atoms with van der Waals surface area (Å²) in [5.41, 5.74) is 0.702. The number of rotatable bonds is 6. The second-order valence-corrected chi connectivity index (χ2v) is 6.74. The molecule has 0 radical (unpaired) electrons. The molecule has 0 N–H and O–H groups in total. The fourth-order valence-electron chi connectivity index (χ4n) is 2.00. The molecule has 6 nitrogen and oxygen atoms in total. The van der Waals surface area contributed by atoms with Crippen LogP contribution in [0.2, 0.25) is 0 Å². The fourth-order valence-corrected chi connectivity index (χ4v) is 3.53. The van der Waals surface area contributed by atoms with E-state index in [1.807, 2.05) is 6.92 Å². The lowest BCUT2D eigenvalue weighted by Gasteiger charge is -2.09. The van der Waals surface area contributed by atoms with Crippen molar-refractivity contribution in [3.05, 3.63) is 30.1 Å². The lowest BCUT2D eigenvalue weighted by atomic mass is 10.3. The number of benzene rings is 1. The minimum absolute atomic E-state index is 0.00128. The molecular formula is C14H19N3O3S. The monoisotopic (exact) mass is 309 g/mol. The van der Waals surface area contributed by atoms with Crippen molar-refractivity contribution >= 4 is 9.84 Å². The minimum Gasteiger partial charge on any atom is -0.497 e. The summed E-state index contributed by atoms with van der Waals surface area (Å²) in [6.07, 6.45) is 1.42. The smallest absolute Gasteiger partial charge is 0.254 e. The van der Waals surface area contributed by atoms with E-state index in [9.17, 15) is 8.42 Å². The van der Waals surface area contributed by atoms with Gasteiger partial charge < -0.3 is 4.74 Å². The van der Waals surface area contributed by atoms with Gasteiger partial charge in [0.15, 0.2) is 0 Å². The number of aryl methyl sites for hydroxylation is 1. The molecule has 2 aromatic rings. The van der Waals surface area contributed by atoms with E-state index in [-0.39, 0.29) is 10.9 Å². The van der Waals surface area contributed by atoms with Crippen LogP contribution in [0.5, 0.6) is 5.75 Å². The Morgan fingerprint density at radius 1 is 1.19 bits per heavy atom. The lowest BCUT2D eigenvalue weighted by molar-refractivity contribution is 0.414. The molecule has 0 aliphatic rings. The number of methoxy groups -OCH3 is 1. The Kier molecular flexibility index (Phi) is 4.62. The summed E-state index contributed by atoms with van der Waals surface area (Å²) in [7, 11) is -1.85. The number of nitrogens with zero attached hydrogens (tertiary/aromatic N) is 3. The highest BCUT2D eigenvalue weighted by Crippen LogP contribution is 2.21. The van der Waals surface area contributed by atoms with E-state index in [1.165, 1.54) is 0 Å². The molecule has 2 rings (SSSR count). The van der Waals surface area contributed by atoms with Crippen LogP contribution in [0.4, 0.5) is 0 Å². The van der Waals surface area contributed by atoms with Gasteiger partial charge in [0.25, 0.3) is 5.16 Å². The van der Waals surface area contributed by atoms with Crippen LogP contribution in [0.15, 0.2) is 29.4 Å². The summed E-state index contributed by atoms with van der Waals surface area (Å²) in [6.45, 7) is 3.69. The van der Waals surface area contributed by atoms with Crippen molar-refractivity contribution in [3.8, 4) is 11.4 Å². The molecule has 1 heterocycles. The maximum atomic E-state index is 12.4. The minimum atomic E-state index is -3.44. The Bertz CT molecular complexity index is 706. The van der Waals surface area contributed by atoms with Crippen LogP contribution < -0.4 is 4.74 Å². The van der Waals surface area contributed by atoms with Gasteiger partial charge in [0.2, 0.25) is 9.84 Å². The molecule has 0 saturated carbocycles. The van der Waals surface area contributed by atoms with E-state index in [4.69, 9.17) is 4.74 Å². The Hall–Kier alpha value is -1.89. The molecule has 1 aromatic carbocycles. The Morgan fingerprint density at radius 3 is 2.43 bits per heavy atom. The van der Waals surface area contributed by atoms with E-state index >= 15 is 0 Å². The van der Waals surface area contributed by atoms with E-state index in [0.717, 1.165) is 6.42 Å². The number of sulfone groups is 1. The molecule has 0 aliphatic carbocycles. The topological polar surface area (TPSA) is 74.1 Å². The summed E-state index contributed by atoms with van der Waals surface area (Å²) in [5.74, 6) is 1.33. The van der Waals surface area contributed by atoms with Gasteiger partial charge in [-0.15, -0.1) is 10.2 Å². The van der Waals surface area contributed by atoms with Crippen molar-refractivity contribution in [2.24, 2.45) is 0 Å². The average Bonchev–Trinajstić information content (AvgIpc) is 2.88. The third-order valence-corrected chi connectivity index (χ3v) is 4.82. The Morgan fingerprint density at radius 2 is 1.86 bits per heavy atom. The number of hydrogen-bond acceptors (Lipinski definition) is 5. The van der Waals surface area contributed by atoms with Gasteiger partial charge in [0, 0.05) is 5.69 Å². The Balaban J connectivity index is 2.46. The summed E-state index contributed by atoms with van der Waals surface area (Å²) in [5, 5.41) is 7.76. The predicted molar refractivity (Wildman–Crippen MR) is 79.6 cm³/mol. The second kappa shape index (κ2) is 6.26. The molecule has 114 valence electrons. The van der Waals surface area contributed by atoms with E-state index in [2.05, 4.69) is 10.2 Å². The van der Waals surface area contributed by atoms with Crippen molar-refractivity contribution in [2.45, 2.75) is 31.8 Å². The van der Waals surface area contributed by atoms with Crippen LogP contribution in [0, 0.1) is 6.92 Å². The van der Waals surface area contributed by atoms with Crippen LogP contribution in [-0.4, -0.2) is 36.0 Å². The first-order chi connectivity index (χ1) is 9.99. The van der Waals surface area contributed by atoms with Gasteiger partial charge in [-0.1, -0.05) is 13.3 Å². The molecular weight excluding hydrogens is 290 g/mol. The fraction of sp³-hybridized carbons (Fsp3) is 0.429. The molecule has 0 bridgehead atoms. The maximum Gasteiger partial charge on any atom is 0.254 e. The van der Waals surface area contributed by atoms with Crippen molar-refractivity contribution in [2.75, 3.05) is 12.9 Å². The van der Waals surface area contributed by atoms with Gasteiger partial charge >= 0.3 is 0 Å². The zero-order chi connectivity index (χ0) is 15.5. The summed E-state index contributed by atoms with van der Waals surface area (Å²) in [4.78, 5) is 0. The number of hydrogen-bond donors (Lipinski definition) is 0. The van der Waals surface area contributed by atoms with Crippen LogP contribution in [0.3, 0.4) is 0 Å². The van der Waals surface area contributed by atoms with Crippen LogP contribution in [0.25, 0.3) is 5.69 Å². The van der Waals surface area contributed by atoms with E-state index in [0.29, 0.717) is 23.7 Å². The van der Waals surface area contributed by atoms with Crippen molar-refractivity contribution in [1.29, 1.82) is 0 Å². The maximum absolute atomic E-state index is 12.4. The first kappa shape index (κ1) is 15.5. The van der Waals surface area contributed by atoms with Crippen LogP contribution in [-0.2, 0) is 9.84 Å². The SMILES string of the molecule is CCCCS(=O)(=O)c1nnc(C)n1-c1ccc(OC)cc1. The normalized spacial score (nSPS) is 11.6. The summed E-state index contributed by atoms with van der Waals surface area (Å²) >= 11 is 0. The van der Waals surface area contributed by atoms with Crippen molar-refractivity contribution < 1.29 is 13.2 Å². The van der Waals surface area contributed by atoms with E-state index < -0.39 is 9.84 Å². The van der Waals surface area contributed by atoms with Crippen LogP contribution in [0.1, 0.15) is 25.6 Å². The quantitative estimate of drug-likeness (QED) is 0.817. The van der Waals surface area contributed by atoms with Crippen molar-refractivity contribution in [3.63, 3.8) is 0 Å². The van der Waals surface area contributed by atoms with Gasteiger partial charge in [-0.2, -0.15) is 0 Å². The molecule has 21 heavy (non-hydrogen) atoms. The third-order valence-electron chi connectivity index (χ3n) is 3.17. The first-order valence-corrected chi connectivity index (χ1v) is 8.44. The van der Waals surface area contributed by atoms with E-state index in [1.54, 1.807) is 42.9 Å². The third kappa shape index (κ3) is 3.24. The highest BCUT2D eigenvalue weighted by atomic mass is 32.2. The molecule has 0 aliphatic heterocycles. The summed E-state index contributed by atoms with van der Waals surface area (Å²) in [6, 6.07) is 7.12. The molecule has 0 saturated heterocycles. The number of ether oxygens (including phenoxy) is 1. The molecule has 0 unspecified atom stereocenters.